The second-order valence-corrected chi connectivity index (χ2v) is 5.88. The molecule has 23 heavy (non-hydrogen) atoms. The number of hydrogen-bond acceptors (Lipinski definition) is 3. The van der Waals surface area contributed by atoms with Crippen LogP contribution in [0.4, 0.5) is 5.69 Å². The van der Waals surface area contributed by atoms with Crippen LogP contribution >= 0.6 is 0 Å². The van der Waals surface area contributed by atoms with Gasteiger partial charge in [0.1, 0.15) is 0 Å². The van der Waals surface area contributed by atoms with Crippen LogP contribution in [-0.4, -0.2) is 35.6 Å². The monoisotopic (exact) mass is 314 g/mol. The molecule has 0 atom stereocenters. The van der Waals surface area contributed by atoms with Crippen molar-refractivity contribution in [3.05, 3.63) is 41.5 Å². The van der Waals surface area contributed by atoms with E-state index in [0.717, 1.165) is 24.0 Å². The normalized spacial score (nSPS) is 13.2. The van der Waals surface area contributed by atoms with Crippen LogP contribution in [0.1, 0.15) is 42.6 Å². The second-order valence-electron chi connectivity index (χ2n) is 5.88. The number of Topliss-reactive ketones (excluding diaryl/α,β-unsaturated/α-hetero) is 1. The number of nitrogens with one attached hydrogen (secondary N) is 1. The summed E-state index contributed by atoms with van der Waals surface area (Å²) in [6.45, 7) is 8.17. The molecule has 1 aliphatic rings. The third-order valence-corrected chi connectivity index (χ3v) is 3.84. The maximum Gasteiger partial charge on any atom is 0.313 e. The second kappa shape index (κ2) is 7.22. The van der Waals surface area contributed by atoms with Gasteiger partial charge in [0.25, 0.3) is 0 Å². The van der Waals surface area contributed by atoms with Gasteiger partial charge in [-0.1, -0.05) is 18.2 Å². The predicted octanol–water partition coefficient (Wildman–Crippen LogP) is 2.57. The number of amides is 2. The summed E-state index contributed by atoms with van der Waals surface area (Å²) < 4.78 is 0. The highest BCUT2D eigenvalue weighted by Gasteiger charge is 2.22. The average Bonchev–Trinajstić information content (AvgIpc) is 2.52. The summed E-state index contributed by atoms with van der Waals surface area (Å²) in [6, 6.07) is 5.24. The fourth-order valence-corrected chi connectivity index (χ4v) is 2.69. The van der Waals surface area contributed by atoms with Gasteiger partial charge >= 0.3 is 11.8 Å². The number of likely N-dealkylation sites (N-methyl/N-ethyl adjacent to an activating group) is 1. The Morgan fingerprint density at radius 2 is 2.04 bits per heavy atom. The largest absolute Gasteiger partial charge is 0.331 e. The maximum atomic E-state index is 12.2. The van der Waals surface area contributed by atoms with Gasteiger partial charge in [-0.25, -0.2) is 0 Å². The number of anilines is 1. The molecule has 1 aliphatic carbocycles. The molecule has 0 aliphatic heterocycles. The van der Waals surface area contributed by atoms with Crippen LogP contribution < -0.4 is 5.32 Å². The van der Waals surface area contributed by atoms with Crippen molar-refractivity contribution in [1.29, 1.82) is 0 Å². The molecular weight excluding hydrogens is 292 g/mol. The first kappa shape index (κ1) is 16.9. The van der Waals surface area contributed by atoms with Crippen molar-refractivity contribution in [1.82, 2.24) is 4.90 Å². The summed E-state index contributed by atoms with van der Waals surface area (Å²) in [5.41, 5.74) is 2.94. The molecule has 0 bridgehead atoms. The van der Waals surface area contributed by atoms with E-state index >= 15 is 0 Å². The fourth-order valence-electron chi connectivity index (χ4n) is 2.69. The smallest absolute Gasteiger partial charge is 0.313 e. The molecule has 2 rings (SSSR count). The van der Waals surface area contributed by atoms with Gasteiger partial charge < -0.3 is 10.2 Å². The molecule has 5 heteroatoms. The van der Waals surface area contributed by atoms with Crippen LogP contribution in [0.5, 0.6) is 0 Å². The lowest BCUT2D eigenvalue weighted by molar-refractivity contribution is -0.142. The number of ketones is 1. The summed E-state index contributed by atoms with van der Waals surface area (Å²) >= 11 is 0. The molecule has 1 aromatic rings. The SMILES string of the molecule is C=C(C)CN(CC)C(=O)C(=O)Nc1ccc2c(c1)C(=O)CCC2. The zero-order chi connectivity index (χ0) is 17.0. The van der Waals surface area contributed by atoms with E-state index in [1.807, 2.05) is 19.9 Å². The highest BCUT2D eigenvalue weighted by molar-refractivity contribution is 6.39. The first-order valence-electron chi connectivity index (χ1n) is 7.83. The lowest BCUT2D eigenvalue weighted by atomic mass is 9.90. The minimum Gasteiger partial charge on any atom is -0.331 e. The molecule has 122 valence electrons. The molecule has 0 radical (unpaired) electrons. The molecule has 0 spiro atoms. The molecule has 2 amide bonds. The Bertz CT molecular complexity index is 664. The van der Waals surface area contributed by atoms with Crippen molar-refractivity contribution in [3.63, 3.8) is 0 Å². The minimum absolute atomic E-state index is 0.0890. The fraction of sp³-hybridized carbons (Fsp3) is 0.389. The van der Waals surface area contributed by atoms with E-state index < -0.39 is 11.8 Å². The number of carbonyl (C=O) groups is 3. The molecule has 0 saturated heterocycles. The van der Waals surface area contributed by atoms with Gasteiger partial charge in [0.2, 0.25) is 0 Å². The molecule has 5 nitrogen and oxygen atoms in total. The van der Waals surface area contributed by atoms with E-state index in [4.69, 9.17) is 0 Å². The van der Waals surface area contributed by atoms with Gasteiger partial charge in [-0.15, -0.1) is 0 Å². The number of fused-ring (bicyclic) bond motifs is 1. The number of hydrogen-bond donors (Lipinski definition) is 1. The van der Waals surface area contributed by atoms with Crippen LogP contribution in [0.15, 0.2) is 30.4 Å². The Balaban J connectivity index is 2.11. The zero-order valence-electron chi connectivity index (χ0n) is 13.6. The Labute approximate surface area is 136 Å². The molecule has 0 saturated carbocycles. The summed E-state index contributed by atoms with van der Waals surface area (Å²) in [4.78, 5) is 37.7. The van der Waals surface area contributed by atoms with E-state index in [0.29, 0.717) is 30.8 Å². The van der Waals surface area contributed by atoms with Crippen LogP contribution in [0.25, 0.3) is 0 Å². The Kier molecular flexibility index (Phi) is 5.32. The first-order valence-corrected chi connectivity index (χ1v) is 7.83. The number of carbonyl (C=O) groups excluding carboxylic acids is 3. The minimum atomic E-state index is -0.698. The van der Waals surface area contributed by atoms with Gasteiger partial charge in [-0.05, 0) is 44.4 Å². The highest BCUT2D eigenvalue weighted by Crippen LogP contribution is 2.24. The Morgan fingerprint density at radius 3 is 2.70 bits per heavy atom. The summed E-state index contributed by atoms with van der Waals surface area (Å²) in [6.07, 6.45) is 2.27. The van der Waals surface area contributed by atoms with E-state index in [-0.39, 0.29) is 5.78 Å². The van der Waals surface area contributed by atoms with Crippen molar-refractivity contribution in [2.24, 2.45) is 0 Å². The van der Waals surface area contributed by atoms with Gasteiger partial charge in [-0.2, -0.15) is 0 Å². The van der Waals surface area contributed by atoms with E-state index in [9.17, 15) is 14.4 Å². The zero-order valence-corrected chi connectivity index (χ0v) is 13.6. The predicted molar refractivity (Wildman–Crippen MR) is 89.4 cm³/mol. The van der Waals surface area contributed by atoms with E-state index in [2.05, 4.69) is 11.9 Å². The van der Waals surface area contributed by atoms with Gasteiger partial charge in [-0.3, -0.25) is 14.4 Å². The average molecular weight is 314 g/mol. The molecule has 1 aromatic carbocycles. The van der Waals surface area contributed by atoms with Crippen molar-refractivity contribution >= 4 is 23.3 Å². The Morgan fingerprint density at radius 1 is 1.30 bits per heavy atom. The summed E-state index contributed by atoms with van der Waals surface area (Å²) in [7, 11) is 0. The van der Waals surface area contributed by atoms with Gasteiger partial charge in [0.15, 0.2) is 5.78 Å². The van der Waals surface area contributed by atoms with Crippen molar-refractivity contribution in [2.45, 2.75) is 33.1 Å². The van der Waals surface area contributed by atoms with Crippen molar-refractivity contribution < 1.29 is 14.4 Å². The lowest BCUT2D eigenvalue weighted by Crippen LogP contribution is -2.40. The number of rotatable bonds is 4. The van der Waals surface area contributed by atoms with Crippen LogP contribution in [0.3, 0.4) is 0 Å². The number of aryl methyl sites for hydroxylation is 1. The quantitative estimate of drug-likeness (QED) is 0.686. The van der Waals surface area contributed by atoms with Gasteiger partial charge in [0.05, 0.1) is 0 Å². The van der Waals surface area contributed by atoms with E-state index in [1.165, 1.54) is 4.90 Å². The number of nitrogens with zero attached hydrogens (tertiary/aromatic N) is 1. The third kappa shape index (κ3) is 4.06. The topological polar surface area (TPSA) is 66.5 Å². The first-order chi connectivity index (χ1) is 10.9. The van der Waals surface area contributed by atoms with Crippen LogP contribution in [0, 0.1) is 0 Å². The molecule has 1 N–H and O–H groups in total. The standard InChI is InChI=1S/C18H22N2O3/c1-4-20(11-12(2)3)18(23)17(22)19-14-9-8-13-6-5-7-16(21)15(13)10-14/h8-10H,2,4-7,11H2,1,3H3,(H,19,22). The Hall–Kier alpha value is -2.43. The van der Waals surface area contributed by atoms with E-state index in [1.54, 1.807) is 12.1 Å². The number of benzene rings is 1. The van der Waals surface area contributed by atoms with Crippen LogP contribution in [-0.2, 0) is 16.0 Å². The highest BCUT2D eigenvalue weighted by atomic mass is 16.2. The molecule has 0 heterocycles. The van der Waals surface area contributed by atoms with Crippen molar-refractivity contribution in [3.8, 4) is 0 Å². The summed E-state index contributed by atoms with van der Waals surface area (Å²) in [5, 5.41) is 2.59. The molecule has 0 unspecified atom stereocenters. The maximum absolute atomic E-state index is 12.2. The molecular formula is C18H22N2O3. The third-order valence-electron chi connectivity index (χ3n) is 3.84. The van der Waals surface area contributed by atoms with Crippen LogP contribution in [0.2, 0.25) is 0 Å². The van der Waals surface area contributed by atoms with Gasteiger partial charge in [0, 0.05) is 30.8 Å². The van der Waals surface area contributed by atoms with Crippen molar-refractivity contribution in [2.75, 3.05) is 18.4 Å². The molecule has 0 fully saturated rings. The molecule has 0 aromatic heterocycles. The summed E-state index contributed by atoms with van der Waals surface area (Å²) in [5.74, 6) is -1.21. The lowest BCUT2D eigenvalue weighted by Gasteiger charge is -2.20.